The third-order valence-corrected chi connectivity index (χ3v) is 31.0. The molecule has 7 heterocycles. The first-order valence-electron chi connectivity index (χ1n) is 31.2. The highest BCUT2D eigenvalue weighted by Crippen LogP contribution is 2.47. The maximum atomic E-state index is 6.21. The molecule has 0 atom stereocenters. The predicted molar refractivity (Wildman–Crippen MR) is 382 cm³/mol. The minimum atomic E-state index is -3.89. The van der Waals surface area contributed by atoms with Gasteiger partial charge in [0, 0.05) is 55.2 Å². The van der Waals surface area contributed by atoms with Crippen molar-refractivity contribution >= 4 is 136 Å². The van der Waals surface area contributed by atoms with Crippen LogP contribution in [0.3, 0.4) is 0 Å². The van der Waals surface area contributed by atoms with E-state index in [0.717, 1.165) is 131 Å². The zero-order valence-corrected chi connectivity index (χ0v) is 51.6. The fourth-order valence-electron chi connectivity index (χ4n) is 15.4. The molecule has 1 saturated heterocycles. The highest BCUT2D eigenvalue weighted by molar-refractivity contribution is 7.38. The number of benzene rings is 12. The van der Waals surface area contributed by atoms with Crippen molar-refractivity contribution in [1.82, 2.24) is 38.2 Å². The molecule has 0 N–H and O–H groups in total. The smallest absolute Gasteiger partial charge is 0.320 e. The summed E-state index contributed by atoms with van der Waals surface area (Å²) < 4.78 is 15.0. The van der Waals surface area contributed by atoms with Crippen LogP contribution in [0.1, 0.15) is 0 Å². The first-order valence-corrected chi connectivity index (χ1v) is 35.0. The number of hydrogen-bond donors (Lipinski definition) is 0. The fourth-order valence-corrected chi connectivity index (χ4v) is 30.4. The highest BCUT2D eigenvalue weighted by Gasteiger charge is 2.76. The van der Waals surface area contributed by atoms with Crippen LogP contribution in [0.2, 0.25) is 0 Å². The second-order valence-electron chi connectivity index (χ2n) is 23.7. The molecular weight excluding hydrogens is 1160 g/mol. The standard InChI is InChI=1S/C80H54N10Si2/c1-5-29-55(30-6-1)91(56-31-7-2-8-32-56)89(77-53-75(85-67-45-21-13-37-59(67)60-38-14-22-46-68(60)85)81-79(83-77)87-71-49-25-17-41-63(71)64-42-18-26-50-72(64)87)92(57-33-9-3-10-34-57,58-35-11-4-12-36-58)90(91)78-54-76(86-69-47-23-15-39-61(69)62-40-16-24-48-70(62)86)82-80(84-78)88-73-51-27-19-43-65(73)66-44-20-28-52-74(66)88/h1-54H. The van der Waals surface area contributed by atoms with Crippen molar-refractivity contribution in [3.63, 3.8) is 0 Å². The Hall–Kier alpha value is -12.0. The molecule has 432 valence electrons. The number of para-hydroxylation sites is 8. The lowest BCUT2D eigenvalue weighted by Crippen LogP contribution is -3.07. The van der Waals surface area contributed by atoms with Crippen LogP contribution in [0.4, 0.5) is 11.6 Å². The van der Waals surface area contributed by atoms with Gasteiger partial charge in [-0.1, -0.05) is 267 Å². The van der Waals surface area contributed by atoms with Gasteiger partial charge in [-0.25, -0.2) is 0 Å². The molecule has 0 aliphatic carbocycles. The normalized spacial score (nSPS) is 13.8. The fraction of sp³-hybridized carbons (Fsp3) is 0. The molecule has 0 saturated carbocycles. The van der Waals surface area contributed by atoms with E-state index in [1.54, 1.807) is 0 Å². The van der Waals surface area contributed by atoms with Crippen molar-refractivity contribution in [3.05, 3.63) is 328 Å². The molecule has 12 aromatic carbocycles. The van der Waals surface area contributed by atoms with Gasteiger partial charge in [0.2, 0.25) is 11.9 Å². The molecule has 1 fully saturated rings. The average molecular weight is 1210 g/mol. The van der Waals surface area contributed by atoms with E-state index in [4.69, 9.17) is 19.9 Å². The zero-order chi connectivity index (χ0) is 60.5. The van der Waals surface area contributed by atoms with Crippen molar-refractivity contribution in [3.8, 4) is 23.5 Å². The maximum Gasteiger partial charge on any atom is 0.320 e. The Bertz CT molecular complexity index is 5010. The SMILES string of the molecule is c1ccc([Si]2(c3ccccc3)N(c3cc(-n4c5ccccc5c5ccccc54)nc(-n4c5ccccc5c5ccccc54)n3)[Si](c3ccccc3)(c3ccccc3)N2c2cc(-n3c4ccccc4c4ccccc43)nc(-n3c4ccccc4c4ccccc43)n2)cc1. The molecule has 1 aliphatic rings. The van der Waals surface area contributed by atoms with E-state index >= 15 is 0 Å². The van der Waals surface area contributed by atoms with E-state index in [2.05, 4.69) is 354 Å². The second kappa shape index (κ2) is 20.3. The quantitative estimate of drug-likeness (QED) is 0.127. The monoisotopic (exact) mass is 1210 g/mol. The first-order chi connectivity index (χ1) is 45.7. The average Bonchev–Trinajstić information content (AvgIpc) is 0.719. The lowest BCUT2D eigenvalue weighted by molar-refractivity contribution is 0.933. The summed E-state index contributed by atoms with van der Waals surface area (Å²) >= 11 is 0. The lowest BCUT2D eigenvalue weighted by Gasteiger charge is -2.71. The lowest BCUT2D eigenvalue weighted by atomic mass is 10.2. The minimum Gasteiger partial charge on any atom is -0.362 e. The van der Waals surface area contributed by atoms with Gasteiger partial charge in [0.25, 0.3) is 0 Å². The van der Waals surface area contributed by atoms with Crippen LogP contribution < -0.4 is 29.2 Å². The van der Waals surface area contributed by atoms with Crippen molar-refractivity contribution in [2.24, 2.45) is 0 Å². The van der Waals surface area contributed by atoms with Gasteiger partial charge < -0.3 is 8.46 Å². The molecule has 1 aliphatic heterocycles. The van der Waals surface area contributed by atoms with E-state index < -0.39 is 16.8 Å². The van der Waals surface area contributed by atoms with Crippen molar-refractivity contribution in [2.45, 2.75) is 0 Å². The van der Waals surface area contributed by atoms with Crippen LogP contribution in [-0.4, -0.2) is 55.0 Å². The second-order valence-corrected chi connectivity index (χ2v) is 31.4. The summed E-state index contributed by atoms with van der Waals surface area (Å²) in [5.41, 5.74) is 8.28. The van der Waals surface area contributed by atoms with Gasteiger partial charge in [0.15, 0.2) is 0 Å². The van der Waals surface area contributed by atoms with Gasteiger partial charge in [0.05, 0.1) is 44.1 Å². The molecular formula is C80H54N10Si2. The molecule has 92 heavy (non-hydrogen) atoms. The Labute approximate surface area is 531 Å². The van der Waals surface area contributed by atoms with Gasteiger partial charge in [0.1, 0.15) is 23.3 Å². The molecule has 0 spiro atoms. The van der Waals surface area contributed by atoms with Crippen molar-refractivity contribution in [1.29, 1.82) is 0 Å². The molecule has 0 radical (unpaired) electrons. The number of nitrogens with zero attached hydrogens (tertiary/aromatic N) is 10. The maximum absolute atomic E-state index is 6.21. The molecule has 6 aromatic heterocycles. The van der Waals surface area contributed by atoms with Gasteiger partial charge >= 0.3 is 16.8 Å². The number of hydrogen-bond acceptors (Lipinski definition) is 6. The molecule has 0 bridgehead atoms. The molecule has 19 rings (SSSR count). The predicted octanol–water partition coefficient (Wildman–Crippen LogP) is 15.5. The Kier molecular flexibility index (Phi) is 11.5. The van der Waals surface area contributed by atoms with Crippen molar-refractivity contribution < 1.29 is 0 Å². The summed E-state index contributed by atoms with van der Waals surface area (Å²) in [7, 11) is -7.77. The van der Waals surface area contributed by atoms with Crippen LogP contribution in [-0.2, 0) is 0 Å². The Morgan fingerprint density at radius 3 is 0.598 bits per heavy atom. The summed E-state index contributed by atoms with van der Waals surface area (Å²) in [6.45, 7) is 0. The summed E-state index contributed by atoms with van der Waals surface area (Å²) in [4.78, 5) is 24.2. The zero-order valence-electron chi connectivity index (χ0n) is 49.6. The summed E-state index contributed by atoms with van der Waals surface area (Å²) in [6.07, 6.45) is 0. The number of anilines is 2. The Morgan fingerprint density at radius 2 is 0.370 bits per heavy atom. The summed E-state index contributed by atoms with van der Waals surface area (Å²) in [5.74, 6) is 4.21. The van der Waals surface area contributed by atoms with Gasteiger partial charge in [-0.3, -0.25) is 18.3 Å². The number of rotatable bonds is 10. The van der Waals surface area contributed by atoms with Gasteiger partial charge in [-0.15, -0.1) is 0 Å². The minimum absolute atomic E-state index is 0.563. The molecule has 10 nitrogen and oxygen atoms in total. The van der Waals surface area contributed by atoms with Crippen LogP contribution in [0, 0.1) is 0 Å². The van der Waals surface area contributed by atoms with Crippen LogP contribution in [0.15, 0.2) is 328 Å². The highest BCUT2D eigenvalue weighted by atomic mass is 28.5. The Morgan fingerprint density at radius 1 is 0.185 bits per heavy atom. The first kappa shape index (κ1) is 52.0. The van der Waals surface area contributed by atoms with E-state index in [1.807, 2.05) is 0 Å². The molecule has 12 heteroatoms. The largest absolute Gasteiger partial charge is 0.362 e. The number of fused-ring (bicyclic) bond motifs is 12. The van der Waals surface area contributed by atoms with E-state index in [-0.39, 0.29) is 0 Å². The number of aromatic nitrogens is 8. The Balaban J connectivity index is 1.01. The third-order valence-electron chi connectivity index (χ3n) is 19.0. The molecule has 0 amide bonds. The molecule has 18 aromatic rings. The molecule has 0 unspecified atom stereocenters. The van der Waals surface area contributed by atoms with Gasteiger partial charge in [-0.2, -0.15) is 19.9 Å². The van der Waals surface area contributed by atoms with E-state index in [0.29, 0.717) is 11.9 Å². The third kappa shape index (κ3) is 7.29. The summed E-state index contributed by atoms with van der Waals surface area (Å²) in [6, 6.07) is 119. The van der Waals surface area contributed by atoms with Crippen LogP contribution >= 0.6 is 0 Å². The van der Waals surface area contributed by atoms with Crippen LogP contribution in [0.5, 0.6) is 0 Å². The topological polar surface area (TPSA) is 77.8 Å². The van der Waals surface area contributed by atoms with Crippen LogP contribution in [0.25, 0.3) is 111 Å². The van der Waals surface area contributed by atoms with Gasteiger partial charge in [-0.05, 0) is 69.3 Å². The van der Waals surface area contributed by atoms with Crippen molar-refractivity contribution in [2.75, 3.05) is 8.46 Å². The van der Waals surface area contributed by atoms with E-state index in [1.165, 1.54) is 0 Å². The summed E-state index contributed by atoms with van der Waals surface area (Å²) in [5, 5.41) is 13.7. The van der Waals surface area contributed by atoms with E-state index in [9.17, 15) is 0 Å².